The predicted molar refractivity (Wildman–Crippen MR) is 98.3 cm³/mol. The van der Waals surface area contributed by atoms with Crippen molar-refractivity contribution in [2.24, 2.45) is 11.8 Å². The van der Waals surface area contributed by atoms with E-state index < -0.39 is 0 Å². The summed E-state index contributed by atoms with van der Waals surface area (Å²) in [6.07, 6.45) is 11.0. The molecule has 3 nitrogen and oxygen atoms in total. The average Bonchev–Trinajstić information content (AvgIpc) is 2.63. The summed E-state index contributed by atoms with van der Waals surface area (Å²) in [6, 6.07) is 8.01. The molecule has 1 saturated carbocycles. The summed E-state index contributed by atoms with van der Waals surface area (Å²) in [5, 5.41) is 9.45. The van der Waals surface area contributed by atoms with Gasteiger partial charge in [0, 0.05) is 0 Å². The van der Waals surface area contributed by atoms with Gasteiger partial charge >= 0.3 is 0 Å². The molecule has 0 bridgehead atoms. The minimum absolute atomic E-state index is 0.207. The highest BCUT2D eigenvalue weighted by molar-refractivity contribution is 5.29. The molecule has 0 radical (unpaired) electrons. The fourth-order valence-corrected chi connectivity index (χ4v) is 3.86. The fraction of sp³-hybridized carbons (Fsp3) is 0.714. The van der Waals surface area contributed by atoms with Crippen molar-refractivity contribution in [1.82, 2.24) is 0 Å². The van der Waals surface area contributed by atoms with Gasteiger partial charge in [0.15, 0.2) is 0 Å². The molecule has 3 heteroatoms. The molecule has 1 aromatic carbocycles. The molecule has 1 fully saturated rings. The molecule has 136 valence electrons. The molecule has 1 atom stereocenters. The van der Waals surface area contributed by atoms with E-state index in [-0.39, 0.29) is 6.10 Å². The van der Waals surface area contributed by atoms with Crippen LogP contribution in [0.1, 0.15) is 83.3 Å². The lowest BCUT2D eigenvalue weighted by Crippen LogP contribution is -2.22. The molecule has 0 saturated heterocycles. The summed E-state index contributed by atoms with van der Waals surface area (Å²) < 4.78 is 5.63. The topological polar surface area (TPSA) is 38.7 Å². The van der Waals surface area contributed by atoms with Crippen LogP contribution in [0.25, 0.3) is 0 Å². The van der Waals surface area contributed by atoms with E-state index in [1.807, 2.05) is 24.3 Å². The predicted octanol–water partition coefficient (Wildman–Crippen LogP) is 6.39. The van der Waals surface area contributed by atoms with Crippen molar-refractivity contribution in [2.75, 3.05) is 6.61 Å². The summed E-state index contributed by atoms with van der Waals surface area (Å²) in [7, 11) is 0. The first kappa shape index (κ1) is 19.3. The van der Waals surface area contributed by atoms with E-state index in [1.165, 1.54) is 38.5 Å². The third kappa shape index (κ3) is 5.78. The Labute approximate surface area is 147 Å². The number of rotatable bonds is 10. The molecule has 1 N–H and O–H groups in total. The Balaban J connectivity index is 1.85. The van der Waals surface area contributed by atoms with Crippen molar-refractivity contribution in [3.8, 4) is 5.75 Å². The van der Waals surface area contributed by atoms with Gasteiger partial charge in [-0.25, -0.2) is 4.89 Å². The molecule has 1 aliphatic rings. The summed E-state index contributed by atoms with van der Waals surface area (Å²) in [4.78, 5) is 4.89. The van der Waals surface area contributed by atoms with E-state index in [0.29, 0.717) is 5.92 Å². The van der Waals surface area contributed by atoms with Gasteiger partial charge in [-0.2, -0.15) is 0 Å². The Morgan fingerprint density at radius 3 is 2.29 bits per heavy atom. The Bertz CT molecular complexity index is 435. The summed E-state index contributed by atoms with van der Waals surface area (Å²) in [6.45, 7) is 5.10. The number of ether oxygens (including phenoxy) is 1. The van der Waals surface area contributed by atoms with E-state index in [4.69, 9.17) is 9.62 Å². The molecular weight excluding hydrogens is 300 g/mol. The highest BCUT2D eigenvalue weighted by Gasteiger charge is 2.29. The zero-order valence-electron chi connectivity index (χ0n) is 15.4. The van der Waals surface area contributed by atoms with Crippen molar-refractivity contribution in [3.05, 3.63) is 29.8 Å². The minimum Gasteiger partial charge on any atom is -0.494 e. The highest BCUT2D eigenvalue weighted by Crippen LogP contribution is 2.40. The smallest absolute Gasteiger partial charge is 0.120 e. The van der Waals surface area contributed by atoms with Crippen LogP contribution in [0.4, 0.5) is 0 Å². The first-order valence-electron chi connectivity index (χ1n) is 9.81. The molecule has 2 rings (SSSR count). The maximum absolute atomic E-state index is 9.45. The maximum atomic E-state index is 9.45. The lowest BCUT2D eigenvalue weighted by atomic mass is 9.76. The lowest BCUT2D eigenvalue weighted by molar-refractivity contribution is -0.296. The zero-order valence-corrected chi connectivity index (χ0v) is 15.4. The Hall–Kier alpha value is -1.06. The Morgan fingerprint density at radius 1 is 1.00 bits per heavy atom. The van der Waals surface area contributed by atoms with Crippen molar-refractivity contribution >= 4 is 0 Å². The molecular formula is C21H34O3. The molecule has 0 spiro atoms. The van der Waals surface area contributed by atoms with E-state index in [9.17, 15) is 5.26 Å². The average molecular weight is 335 g/mol. The first-order valence-corrected chi connectivity index (χ1v) is 9.81. The lowest BCUT2D eigenvalue weighted by Gasteiger charge is -2.32. The van der Waals surface area contributed by atoms with Gasteiger partial charge in [0.25, 0.3) is 0 Å². The van der Waals surface area contributed by atoms with Crippen molar-refractivity contribution in [3.63, 3.8) is 0 Å². The van der Waals surface area contributed by atoms with Gasteiger partial charge < -0.3 is 4.74 Å². The SMILES string of the molecule is CCCCCC1CCC(C(OO)c2ccc(OCCC)cc2)CC1. The monoisotopic (exact) mass is 334 g/mol. The molecule has 0 amide bonds. The van der Waals surface area contributed by atoms with Gasteiger partial charge in [-0.3, -0.25) is 5.26 Å². The van der Waals surface area contributed by atoms with Gasteiger partial charge in [0.05, 0.1) is 6.61 Å². The van der Waals surface area contributed by atoms with Crippen molar-refractivity contribution in [1.29, 1.82) is 0 Å². The van der Waals surface area contributed by atoms with Gasteiger partial charge in [-0.05, 0) is 48.8 Å². The second-order valence-corrected chi connectivity index (χ2v) is 7.22. The zero-order chi connectivity index (χ0) is 17.2. The molecule has 24 heavy (non-hydrogen) atoms. The van der Waals surface area contributed by atoms with Gasteiger partial charge in [-0.1, -0.05) is 64.5 Å². The molecule has 0 heterocycles. The van der Waals surface area contributed by atoms with Crippen LogP contribution in [-0.4, -0.2) is 11.9 Å². The van der Waals surface area contributed by atoms with Gasteiger partial charge in [-0.15, -0.1) is 0 Å². The van der Waals surface area contributed by atoms with Crippen molar-refractivity contribution in [2.45, 2.75) is 77.7 Å². The normalized spacial score (nSPS) is 22.3. The van der Waals surface area contributed by atoms with Gasteiger partial charge in [0.1, 0.15) is 11.9 Å². The number of hydrogen-bond acceptors (Lipinski definition) is 3. The van der Waals surface area contributed by atoms with Crippen LogP contribution in [-0.2, 0) is 4.89 Å². The van der Waals surface area contributed by atoms with Crippen molar-refractivity contribution < 1.29 is 14.9 Å². The van der Waals surface area contributed by atoms with Crippen LogP contribution in [0.3, 0.4) is 0 Å². The van der Waals surface area contributed by atoms with E-state index in [2.05, 4.69) is 13.8 Å². The third-order valence-electron chi connectivity index (χ3n) is 5.33. The Kier molecular flexibility index (Phi) is 8.62. The maximum Gasteiger partial charge on any atom is 0.120 e. The molecule has 0 aromatic heterocycles. The van der Waals surface area contributed by atoms with Crippen LogP contribution in [0.15, 0.2) is 24.3 Å². The minimum atomic E-state index is -0.207. The van der Waals surface area contributed by atoms with Crippen LogP contribution in [0.5, 0.6) is 5.75 Å². The summed E-state index contributed by atoms with van der Waals surface area (Å²) in [5.74, 6) is 2.17. The summed E-state index contributed by atoms with van der Waals surface area (Å²) in [5.41, 5.74) is 1.05. The van der Waals surface area contributed by atoms with E-state index in [0.717, 1.165) is 43.1 Å². The molecule has 1 aliphatic carbocycles. The number of hydrogen-bond donors (Lipinski definition) is 1. The van der Waals surface area contributed by atoms with Crippen LogP contribution in [0.2, 0.25) is 0 Å². The second kappa shape index (κ2) is 10.7. The molecule has 0 aliphatic heterocycles. The first-order chi connectivity index (χ1) is 11.8. The Morgan fingerprint density at radius 2 is 1.71 bits per heavy atom. The molecule has 1 unspecified atom stereocenters. The molecule has 1 aromatic rings. The largest absolute Gasteiger partial charge is 0.494 e. The van der Waals surface area contributed by atoms with Crippen LogP contribution < -0.4 is 4.74 Å². The highest BCUT2D eigenvalue weighted by atomic mass is 17.1. The van der Waals surface area contributed by atoms with E-state index in [1.54, 1.807) is 0 Å². The number of unbranched alkanes of at least 4 members (excludes halogenated alkanes) is 2. The van der Waals surface area contributed by atoms with Crippen LogP contribution >= 0.6 is 0 Å². The van der Waals surface area contributed by atoms with Crippen LogP contribution in [0, 0.1) is 11.8 Å². The quantitative estimate of drug-likeness (QED) is 0.306. The fourth-order valence-electron chi connectivity index (χ4n) is 3.86. The van der Waals surface area contributed by atoms with E-state index >= 15 is 0 Å². The second-order valence-electron chi connectivity index (χ2n) is 7.22. The van der Waals surface area contributed by atoms with Gasteiger partial charge in [0.2, 0.25) is 0 Å². The standard InChI is InChI=1S/C21H34O3/c1-3-5-6-7-17-8-10-18(11-9-17)21(24-22)19-12-14-20(15-13-19)23-16-4-2/h12-15,17-18,21-22H,3-11,16H2,1-2H3. The number of benzene rings is 1. The third-order valence-corrected chi connectivity index (χ3v) is 5.33. The summed E-state index contributed by atoms with van der Waals surface area (Å²) >= 11 is 0.